The van der Waals surface area contributed by atoms with Crippen LogP contribution in [0.5, 0.6) is 0 Å². The van der Waals surface area contributed by atoms with E-state index in [1.54, 1.807) is 0 Å². The molecule has 3 aliphatic rings. The Balaban J connectivity index is 1.63. The highest BCUT2D eigenvalue weighted by molar-refractivity contribution is 7.03. The highest BCUT2D eigenvalue weighted by atomic mass is 28.3. The summed E-state index contributed by atoms with van der Waals surface area (Å²) < 4.78 is 84.1. The van der Waals surface area contributed by atoms with Crippen LogP contribution in [0.3, 0.4) is 0 Å². The van der Waals surface area contributed by atoms with Crippen LogP contribution in [0.15, 0.2) is 78.9 Å². The van der Waals surface area contributed by atoms with Crippen LogP contribution in [0.2, 0.25) is 0 Å². The first kappa shape index (κ1) is 24.5. The zero-order valence-electron chi connectivity index (χ0n) is 20.8. The first-order chi connectivity index (χ1) is 18.5. The van der Waals surface area contributed by atoms with Crippen molar-refractivity contribution in [3.8, 4) is 22.3 Å². The molecule has 4 aromatic carbocycles. The molecule has 2 aliphatic heterocycles. The molecule has 0 fully saturated rings. The summed E-state index contributed by atoms with van der Waals surface area (Å²) in [5.74, 6) is 0. The summed E-state index contributed by atoms with van der Waals surface area (Å²) in [5.41, 5.74) is 0.840. The summed E-state index contributed by atoms with van der Waals surface area (Å²) in [6.07, 6.45) is -6.85. The van der Waals surface area contributed by atoms with Crippen LogP contribution in [0.1, 0.15) is 36.5 Å². The molecule has 2 atom stereocenters. The van der Waals surface area contributed by atoms with Gasteiger partial charge in [-0.05, 0) is 73.2 Å². The first-order valence-electron chi connectivity index (χ1n) is 12.9. The molecular formula is C32H22F6Si. The second kappa shape index (κ2) is 7.98. The summed E-state index contributed by atoms with van der Waals surface area (Å²) in [6.45, 7) is 1.94. The number of fused-ring (bicyclic) bond motifs is 5. The van der Waals surface area contributed by atoms with Gasteiger partial charge in [0.2, 0.25) is 0 Å². The highest BCUT2D eigenvalue weighted by Crippen LogP contribution is 2.48. The smallest absolute Gasteiger partial charge is 0.166 e. The van der Waals surface area contributed by atoms with Crippen molar-refractivity contribution in [3.05, 3.63) is 106 Å². The van der Waals surface area contributed by atoms with Crippen molar-refractivity contribution in [1.29, 1.82) is 0 Å². The number of hydrogen-bond donors (Lipinski definition) is 0. The van der Waals surface area contributed by atoms with E-state index in [-0.39, 0.29) is 11.6 Å². The third-order valence-corrected chi connectivity index (χ3v) is 12.2. The molecule has 0 aromatic heterocycles. The van der Waals surface area contributed by atoms with Crippen LogP contribution >= 0.6 is 0 Å². The van der Waals surface area contributed by atoms with E-state index in [2.05, 4.69) is 24.3 Å². The lowest BCUT2D eigenvalue weighted by atomic mass is 9.76. The second-order valence-corrected chi connectivity index (χ2v) is 13.3. The van der Waals surface area contributed by atoms with Crippen molar-refractivity contribution in [2.75, 3.05) is 0 Å². The molecule has 0 radical (unpaired) electrons. The summed E-state index contributed by atoms with van der Waals surface area (Å²) in [4.78, 5) is 0. The predicted molar refractivity (Wildman–Crippen MR) is 144 cm³/mol. The third kappa shape index (κ3) is 3.32. The van der Waals surface area contributed by atoms with Crippen LogP contribution in [-0.4, -0.2) is 8.80 Å². The maximum absolute atomic E-state index is 14.0. The van der Waals surface area contributed by atoms with Crippen LogP contribution in [0.25, 0.3) is 33.5 Å². The van der Waals surface area contributed by atoms with E-state index in [9.17, 15) is 26.3 Å². The fourth-order valence-electron chi connectivity index (χ4n) is 7.18. The van der Waals surface area contributed by atoms with Gasteiger partial charge in [0.1, 0.15) is 8.80 Å². The third-order valence-electron chi connectivity index (χ3n) is 8.53. The van der Waals surface area contributed by atoms with Gasteiger partial charge in [0.25, 0.3) is 0 Å². The minimum Gasteiger partial charge on any atom is -0.166 e. The maximum Gasteiger partial charge on any atom is 0.416 e. The van der Waals surface area contributed by atoms with Crippen molar-refractivity contribution in [3.63, 3.8) is 0 Å². The second-order valence-electron chi connectivity index (χ2n) is 10.6. The van der Waals surface area contributed by atoms with Crippen molar-refractivity contribution in [1.82, 2.24) is 0 Å². The SMILES string of the molecule is CCCC1(c2cc(C(F)(F)F)cc(C(F)(F)F)c2)C=c2cccc3c2=C1[SiH]1c2ccccc2-c2cccc-3c21. The summed E-state index contributed by atoms with van der Waals surface area (Å²) in [5, 5.41) is 5.29. The number of benzene rings is 4. The first-order valence-corrected chi connectivity index (χ1v) is 14.7. The van der Waals surface area contributed by atoms with Gasteiger partial charge in [-0.25, -0.2) is 0 Å². The molecule has 0 saturated heterocycles. The van der Waals surface area contributed by atoms with E-state index >= 15 is 0 Å². The Hall–Kier alpha value is -3.58. The lowest BCUT2D eigenvalue weighted by molar-refractivity contribution is -0.143. The largest absolute Gasteiger partial charge is 0.416 e. The molecule has 0 spiro atoms. The molecule has 39 heavy (non-hydrogen) atoms. The molecule has 1 aliphatic carbocycles. The van der Waals surface area contributed by atoms with E-state index in [1.165, 1.54) is 10.4 Å². The zero-order chi connectivity index (χ0) is 27.3. The van der Waals surface area contributed by atoms with Gasteiger partial charge in [-0.3, -0.25) is 0 Å². The van der Waals surface area contributed by atoms with E-state index in [0.29, 0.717) is 12.8 Å². The normalized spacial score (nSPS) is 20.4. The Bertz CT molecular complexity index is 1780. The predicted octanol–water partition coefficient (Wildman–Crippen LogP) is 5.95. The number of rotatable bonds is 3. The molecule has 2 heterocycles. The Morgan fingerprint density at radius 3 is 1.95 bits per heavy atom. The molecule has 0 saturated carbocycles. The zero-order valence-corrected chi connectivity index (χ0v) is 22.0. The van der Waals surface area contributed by atoms with Crippen LogP contribution < -0.4 is 20.8 Å². The Kier molecular flexibility index (Phi) is 5.00. The van der Waals surface area contributed by atoms with Crippen LogP contribution in [0.4, 0.5) is 26.3 Å². The summed E-state index contributed by atoms with van der Waals surface area (Å²) in [6, 6.07) is 22.4. The van der Waals surface area contributed by atoms with Crippen LogP contribution in [0, 0.1) is 0 Å². The number of hydrogen-bond acceptors (Lipinski definition) is 0. The van der Waals surface area contributed by atoms with Crippen molar-refractivity contribution in [2.45, 2.75) is 37.5 Å². The minimum atomic E-state index is -4.91. The molecule has 0 nitrogen and oxygen atoms in total. The lowest BCUT2D eigenvalue weighted by Crippen LogP contribution is -2.51. The molecule has 196 valence electrons. The highest BCUT2D eigenvalue weighted by Gasteiger charge is 2.49. The molecule has 7 rings (SSSR count). The van der Waals surface area contributed by atoms with E-state index in [1.807, 2.05) is 49.4 Å². The minimum absolute atomic E-state index is 0.0708. The van der Waals surface area contributed by atoms with Gasteiger partial charge in [-0.1, -0.05) is 85.3 Å². The van der Waals surface area contributed by atoms with Gasteiger partial charge in [0.05, 0.1) is 11.1 Å². The van der Waals surface area contributed by atoms with E-state index < -0.39 is 37.7 Å². The van der Waals surface area contributed by atoms with Crippen molar-refractivity contribution in [2.24, 2.45) is 0 Å². The fraction of sp³-hybridized carbons (Fsp3) is 0.188. The Labute approximate surface area is 222 Å². The van der Waals surface area contributed by atoms with Gasteiger partial charge < -0.3 is 0 Å². The topological polar surface area (TPSA) is 0 Å². The lowest BCUT2D eigenvalue weighted by Gasteiger charge is -2.38. The average molecular weight is 549 g/mol. The molecule has 2 unspecified atom stereocenters. The Morgan fingerprint density at radius 1 is 0.692 bits per heavy atom. The number of halogens is 6. The molecule has 4 aromatic rings. The Morgan fingerprint density at radius 2 is 1.28 bits per heavy atom. The average Bonchev–Trinajstić information content (AvgIpc) is 3.41. The standard InChI is InChI=1S/C32H22F6Si/c1-2-13-30(19-14-20(31(33,34)35)16-21(15-19)32(36,37)38)17-18-7-5-9-23-25-11-6-10-24-22-8-3-4-12-26(22)39(28(24)25)29(30)27(18)23/h3-12,14-17,39H,2,13H2,1H3. The molecule has 0 amide bonds. The fourth-order valence-corrected chi connectivity index (χ4v) is 11.6. The molecule has 0 bridgehead atoms. The summed E-state index contributed by atoms with van der Waals surface area (Å²) in [7, 11) is -2.23. The van der Waals surface area contributed by atoms with Gasteiger partial charge in [-0.2, -0.15) is 26.3 Å². The molecular weight excluding hydrogens is 526 g/mol. The monoisotopic (exact) mass is 548 g/mol. The number of alkyl halides is 6. The van der Waals surface area contributed by atoms with E-state index in [0.717, 1.165) is 50.0 Å². The molecule has 0 N–H and O–H groups in total. The van der Waals surface area contributed by atoms with Crippen molar-refractivity contribution >= 4 is 30.4 Å². The maximum atomic E-state index is 14.0. The van der Waals surface area contributed by atoms with Gasteiger partial charge in [0, 0.05) is 5.41 Å². The van der Waals surface area contributed by atoms with Gasteiger partial charge >= 0.3 is 12.4 Å². The quantitative estimate of drug-likeness (QED) is 0.219. The summed E-state index contributed by atoms with van der Waals surface area (Å²) >= 11 is 0. The van der Waals surface area contributed by atoms with E-state index in [4.69, 9.17) is 0 Å². The van der Waals surface area contributed by atoms with Gasteiger partial charge in [-0.15, -0.1) is 0 Å². The molecule has 7 heteroatoms. The van der Waals surface area contributed by atoms with Gasteiger partial charge in [0.15, 0.2) is 0 Å². The van der Waals surface area contributed by atoms with Crippen molar-refractivity contribution < 1.29 is 26.3 Å². The van der Waals surface area contributed by atoms with Crippen LogP contribution in [-0.2, 0) is 17.8 Å².